The van der Waals surface area contributed by atoms with Gasteiger partial charge in [-0.3, -0.25) is 4.79 Å². The van der Waals surface area contributed by atoms with E-state index >= 15 is 0 Å². The van der Waals surface area contributed by atoms with Crippen LogP contribution < -0.4 is 4.74 Å². The molecule has 1 amide bonds. The second kappa shape index (κ2) is 9.54. The molecule has 1 aliphatic rings. The van der Waals surface area contributed by atoms with Crippen LogP contribution in [-0.4, -0.2) is 40.6 Å². The van der Waals surface area contributed by atoms with Gasteiger partial charge < -0.3 is 14.7 Å². The Labute approximate surface area is 185 Å². The van der Waals surface area contributed by atoms with E-state index in [1.54, 1.807) is 6.07 Å². The summed E-state index contributed by atoms with van der Waals surface area (Å²) in [7, 11) is 0. The highest BCUT2D eigenvalue weighted by Gasteiger charge is 2.30. The number of benzene rings is 2. The second-order valence-electron chi connectivity index (χ2n) is 9.24. The first-order valence-corrected chi connectivity index (χ1v) is 11.0. The molecule has 2 aromatic carbocycles. The van der Waals surface area contributed by atoms with Gasteiger partial charge in [-0.1, -0.05) is 50.2 Å². The minimum absolute atomic E-state index is 0.154. The summed E-state index contributed by atoms with van der Waals surface area (Å²) in [6.45, 7) is 8.86. The zero-order valence-electron chi connectivity index (χ0n) is 18.9. The standard InChI is InChI=1S/C26H33NO4/c1-18(2)20-12-10-19(11-13-20)15-24(28)27-14-6-8-22(17-27)21-7-5-9-23(16-21)31-26(3,4)25(29)30/h5,7,9-13,16,18,22H,6,8,14-15,17H2,1-4H3,(H,29,30)/t22-/m0/s1. The molecule has 5 heteroatoms. The van der Waals surface area contributed by atoms with Gasteiger partial charge in [0.2, 0.25) is 5.91 Å². The van der Waals surface area contributed by atoms with E-state index in [0.29, 0.717) is 24.6 Å². The summed E-state index contributed by atoms with van der Waals surface area (Å²) in [6.07, 6.45) is 2.37. The summed E-state index contributed by atoms with van der Waals surface area (Å²) in [5.41, 5.74) is 2.11. The Hall–Kier alpha value is -2.82. The Bertz CT molecular complexity index is 917. The number of aliphatic carboxylic acids is 1. The number of hydrogen-bond acceptors (Lipinski definition) is 3. The Kier molecular flexibility index (Phi) is 7.04. The number of amides is 1. The molecule has 0 spiro atoms. The van der Waals surface area contributed by atoms with Crippen LogP contribution in [-0.2, 0) is 16.0 Å². The van der Waals surface area contributed by atoms with Gasteiger partial charge in [0, 0.05) is 19.0 Å². The van der Waals surface area contributed by atoms with Crippen LogP contribution in [0.25, 0.3) is 0 Å². The third kappa shape index (κ3) is 5.87. The zero-order chi connectivity index (χ0) is 22.6. The lowest BCUT2D eigenvalue weighted by atomic mass is 9.90. The van der Waals surface area contributed by atoms with E-state index in [4.69, 9.17) is 4.74 Å². The maximum absolute atomic E-state index is 12.9. The molecule has 31 heavy (non-hydrogen) atoms. The predicted octanol–water partition coefficient (Wildman–Crippen LogP) is 5.00. The van der Waals surface area contributed by atoms with Gasteiger partial charge in [0.25, 0.3) is 0 Å². The van der Waals surface area contributed by atoms with E-state index in [-0.39, 0.29) is 11.8 Å². The summed E-state index contributed by atoms with van der Waals surface area (Å²) < 4.78 is 5.69. The number of carbonyl (C=O) groups is 2. The van der Waals surface area contributed by atoms with Crippen LogP contribution in [0, 0.1) is 0 Å². The fraction of sp³-hybridized carbons (Fsp3) is 0.462. The summed E-state index contributed by atoms with van der Waals surface area (Å²) >= 11 is 0. The zero-order valence-corrected chi connectivity index (χ0v) is 18.9. The van der Waals surface area contributed by atoms with E-state index < -0.39 is 11.6 Å². The first-order chi connectivity index (χ1) is 14.7. The number of carboxylic acid groups (broad SMARTS) is 1. The van der Waals surface area contributed by atoms with Crippen LogP contribution in [0.2, 0.25) is 0 Å². The number of nitrogens with zero attached hydrogens (tertiary/aromatic N) is 1. The normalized spacial score (nSPS) is 16.9. The molecule has 1 N–H and O–H groups in total. The molecular weight excluding hydrogens is 390 g/mol. The molecular formula is C26H33NO4. The molecule has 1 saturated heterocycles. The topological polar surface area (TPSA) is 66.8 Å². The predicted molar refractivity (Wildman–Crippen MR) is 122 cm³/mol. The highest BCUT2D eigenvalue weighted by molar-refractivity contribution is 5.79. The lowest BCUT2D eigenvalue weighted by Crippen LogP contribution is -2.40. The summed E-state index contributed by atoms with van der Waals surface area (Å²) in [5.74, 6) is 0.389. The van der Waals surface area contributed by atoms with Crippen molar-refractivity contribution >= 4 is 11.9 Å². The molecule has 1 heterocycles. The van der Waals surface area contributed by atoms with Gasteiger partial charge in [0.15, 0.2) is 5.60 Å². The number of likely N-dealkylation sites (tertiary alicyclic amines) is 1. The number of carboxylic acids is 1. The highest BCUT2D eigenvalue weighted by Crippen LogP contribution is 2.30. The first-order valence-electron chi connectivity index (χ1n) is 11.0. The van der Waals surface area contributed by atoms with Crippen molar-refractivity contribution in [3.8, 4) is 5.75 Å². The maximum atomic E-state index is 12.9. The second-order valence-corrected chi connectivity index (χ2v) is 9.24. The molecule has 3 rings (SSSR count). The molecule has 0 unspecified atom stereocenters. The van der Waals surface area contributed by atoms with Crippen molar-refractivity contribution in [3.63, 3.8) is 0 Å². The van der Waals surface area contributed by atoms with Crippen molar-refractivity contribution in [2.75, 3.05) is 13.1 Å². The van der Waals surface area contributed by atoms with E-state index in [0.717, 1.165) is 30.5 Å². The van der Waals surface area contributed by atoms with E-state index in [1.165, 1.54) is 19.4 Å². The number of rotatable bonds is 7. The fourth-order valence-corrected chi connectivity index (χ4v) is 3.95. The van der Waals surface area contributed by atoms with Crippen LogP contribution >= 0.6 is 0 Å². The summed E-state index contributed by atoms with van der Waals surface area (Å²) in [4.78, 5) is 26.2. The van der Waals surface area contributed by atoms with E-state index in [9.17, 15) is 14.7 Å². The van der Waals surface area contributed by atoms with Crippen LogP contribution in [0.3, 0.4) is 0 Å². The Morgan fingerprint density at radius 2 is 1.87 bits per heavy atom. The van der Waals surface area contributed by atoms with Crippen molar-refractivity contribution in [1.82, 2.24) is 4.90 Å². The smallest absolute Gasteiger partial charge is 0.347 e. The van der Waals surface area contributed by atoms with E-state index in [1.807, 2.05) is 23.1 Å². The quantitative estimate of drug-likeness (QED) is 0.680. The highest BCUT2D eigenvalue weighted by atomic mass is 16.5. The lowest BCUT2D eigenvalue weighted by molar-refractivity contribution is -0.152. The Morgan fingerprint density at radius 1 is 1.16 bits per heavy atom. The van der Waals surface area contributed by atoms with Gasteiger partial charge in [-0.2, -0.15) is 0 Å². The van der Waals surface area contributed by atoms with Crippen molar-refractivity contribution in [1.29, 1.82) is 0 Å². The molecule has 2 aromatic rings. The SMILES string of the molecule is CC(C)c1ccc(CC(=O)N2CCC[C@H](c3cccc(OC(C)(C)C(=O)O)c3)C2)cc1. The molecule has 5 nitrogen and oxygen atoms in total. The molecule has 1 atom stereocenters. The Balaban J connectivity index is 1.65. The van der Waals surface area contributed by atoms with Crippen molar-refractivity contribution in [2.45, 2.75) is 64.4 Å². The number of ether oxygens (including phenoxy) is 1. The molecule has 0 saturated carbocycles. The van der Waals surface area contributed by atoms with Gasteiger partial charge in [-0.15, -0.1) is 0 Å². The maximum Gasteiger partial charge on any atom is 0.347 e. The van der Waals surface area contributed by atoms with Crippen LogP contribution in [0.1, 0.15) is 69.1 Å². The number of carbonyl (C=O) groups excluding carboxylic acids is 1. The van der Waals surface area contributed by atoms with E-state index in [2.05, 4.69) is 38.1 Å². The molecule has 1 fully saturated rings. The van der Waals surface area contributed by atoms with Crippen LogP contribution in [0.15, 0.2) is 48.5 Å². The fourth-order valence-electron chi connectivity index (χ4n) is 3.95. The van der Waals surface area contributed by atoms with Crippen LogP contribution in [0.4, 0.5) is 0 Å². The first kappa shape index (κ1) is 22.9. The third-order valence-electron chi connectivity index (χ3n) is 5.99. The van der Waals surface area contributed by atoms with Gasteiger partial charge in [-0.25, -0.2) is 4.79 Å². The van der Waals surface area contributed by atoms with Crippen LogP contribution in [0.5, 0.6) is 5.75 Å². The van der Waals surface area contributed by atoms with Gasteiger partial charge >= 0.3 is 5.97 Å². The lowest BCUT2D eigenvalue weighted by Gasteiger charge is -2.33. The monoisotopic (exact) mass is 423 g/mol. The molecule has 0 aliphatic carbocycles. The summed E-state index contributed by atoms with van der Waals surface area (Å²) in [5, 5.41) is 9.31. The third-order valence-corrected chi connectivity index (χ3v) is 5.99. The number of piperidine rings is 1. The average molecular weight is 424 g/mol. The van der Waals surface area contributed by atoms with Gasteiger partial charge in [0.05, 0.1) is 6.42 Å². The molecule has 0 aromatic heterocycles. The minimum atomic E-state index is -1.29. The van der Waals surface area contributed by atoms with Crippen molar-refractivity contribution in [3.05, 3.63) is 65.2 Å². The average Bonchev–Trinajstić information content (AvgIpc) is 2.74. The minimum Gasteiger partial charge on any atom is -0.478 e. The van der Waals surface area contributed by atoms with Crippen molar-refractivity contribution in [2.24, 2.45) is 0 Å². The van der Waals surface area contributed by atoms with Gasteiger partial charge in [0.1, 0.15) is 5.75 Å². The molecule has 0 bridgehead atoms. The molecule has 166 valence electrons. The van der Waals surface area contributed by atoms with Crippen molar-refractivity contribution < 1.29 is 19.4 Å². The summed E-state index contributed by atoms with van der Waals surface area (Å²) in [6, 6.07) is 15.9. The van der Waals surface area contributed by atoms with Gasteiger partial charge in [-0.05, 0) is 61.4 Å². The number of hydrogen-bond donors (Lipinski definition) is 1. The molecule has 1 aliphatic heterocycles. The Morgan fingerprint density at radius 3 is 2.52 bits per heavy atom. The largest absolute Gasteiger partial charge is 0.478 e. The molecule has 0 radical (unpaired) electrons.